The van der Waals surface area contributed by atoms with Gasteiger partial charge in [-0.3, -0.25) is 4.79 Å². The van der Waals surface area contributed by atoms with Gasteiger partial charge in [0.2, 0.25) is 0 Å². The highest BCUT2D eigenvalue weighted by molar-refractivity contribution is 5.93. The molecule has 0 spiro atoms. The minimum Gasteiger partial charge on any atom is -0.370 e. The van der Waals surface area contributed by atoms with Gasteiger partial charge in [0.1, 0.15) is 11.8 Å². The Bertz CT molecular complexity index is 663. The van der Waals surface area contributed by atoms with Crippen molar-refractivity contribution in [3.05, 3.63) is 53.1 Å². The number of H-pyrrole nitrogens is 1. The highest BCUT2D eigenvalue weighted by Gasteiger charge is 2.28. The summed E-state index contributed by atoms with van der Waals surface area (Å²) in [7, 11) is 0. The molecular weight excluding hydrogens is 290 g/mol. The molecule has 1 atom stereocenters. The molecule has 1 aromatic heterocycles. The van der Waals surface area contributed by atoms with Gasteiger partial charge >= 0.3 is 0 Å². The molecule has 0 saturated carbocycles. The fourth-order valence-electron chi connectivity index (χ4n) is 2.93. The number of carbonyl (C=O) groups excluding carboxylic acids is 1. The van der Waals surface area contributed by atoms with Gasteiger partial charge in [-0.25, -0.2) is 4.98 Å². The number of benzene rings is 1. The zero-order valence-electron chi connectivity index (χ0n) is 13.7. The van der Waals surface area contributed by atoms with Gasteiger partial charge in [0.15, 0.2) is 0 Å². The number of aromatic nitrogens is 2. The number of hydrogen-bond donors (Lipinski definition) is 1. The van der Waals surface area contributed by atoms with Gasteiger partial charge in [0.05, 0.1) is 19.5 Å². The average Bonchev–Trinajstić information content (AvgIpc) is 3.10. The van der Waals surface area contributed by atoms with E-state index in [9.17, 15) is 4.79 Å². The van der Waals surface area contributed by atoms with E-state index in [0.717, 1.165) is 24.1 Å². The van der Waals surface area contributed by atoms with Crippen molar-refractivity contribution in [1.82, 2.24) is 14.9 Å². The number of imidazole rings is 1. The number of aromatic amines is 1. The molecule has 1 amide bonds. The maximum atomic E-state index is 12.7. The molecule has 1 fully saturated rings. The van der Waals surface area contributed by atoms with Crippen molar-refractivity contribution in [2.75, 3.05) is 19.7 Å². The highest BCUT2D eigenvalue weighted by Crippen LogP contribution is 2.24. The Labute approximate surface area is 136 Å². The van der Waals surface area contributed by atoms with E-state index in [-0.39, 0.29) is 12.0 Å². The minimum atomic E-state index is -0.0670. The maximum absolute atomic E-state index is 12.7. The number of aryl methyl sites for hydroxylation is 2. The number of carbonyl (C=O) groups is 1. The summed E-state index contributed by atoms with van der Waals surface area (Å²) in [5.74, 6) is -0.0124. The van der Waals surface area contributed by atoms with Gasteiger partial charge in [-0.1, -0.05) is 38.1 Å². The topological polar surface area (TPSA) is 58.2 Å². The number of nitrogens with one attached hydrogen (secondary N) is 1. The molecule has 5 nitrogen and oxygen atoms in total. The second-order valence-corrected chi connectivity index (χ2v) is 5.79. The summed E-state index contributed by atoms with van der Waals surface area (Å²) in [6.07, 6.45) is 3.32. The van der Waals surface area contributed by atoms with Crippen LogP contribution in [0.1, 0.15) is 47.3 Å². The van der Waals surface area contributed by atoms with Crippen molar-refractivity contribution in [2.45, 2.75) is 32.8 Å². The third-order valence-electron chi connectivity index (χ3n) is 4.39. The van der Waals surface area contributed by atoms with E-state index in [0.29, 0.717) is 25.4 Å². The Morgan fingerprint density at radius 1 is 1.30 bits per heavy atom. The van der Waals surface area contributed by atoms with Crippen molar-refractivity contribution in [3.63, 3.8) is 0 Å². The van der Waals surface area contributed by atoms with Gasteiger partial charge in [-0.2, -0.15) is 0 Å². The maximum Gasteiger partial charge on any atom is 0.274 e. The predicted octanol–water partition coefficient (Wildman–Crippen LogP) is 2.75. The first-order valence-corrected chi connectivity index (χ1v) is 8.24. The SMILES string of the molecule is CCc1ccc(C2CN(C(=O)c3nc[nH]c3CC)CCO2)cc1. The van der Waals surface area contributed by atoms with Crippen molar-refractivity contribution >= 4 is 5.91 Å². The molecule has 0 bridgehead atoms. The van der Waals surface area contributed by atoms with Crippen LogP contribution in [0.15, 0.2) is 30.6 Å². The Morgan fingerprint density at radius 3 is 2.78 bits per heavy atom. The smallest absolute Gasteiger partial charge is 0.274 e. The molecule has 0 radical (unpaired) electrons. The van der Waals surface area contributed by atoms with Crippen LogP contribution in [0, 0.1) is 0 Å². The zero-order chi connectivity index (χ0) is 16.2. The van der Waals surface area contributed by atoms with Crippen molar-refractivity contribution in [3.8, 4) is 0 Å². The van der Waals surface area contributed by atoms with Crippen molar-refractivity contribution in [1.29, 1.82) is 0 Å². The monoisotopic (exact) mass is 313 g/mol. The van der Waals surface area contributed by atoms with E-state index in [1.807, 2.05) is 11.8 Å². The fourth-order valence-corrected chi connectivity index (χ4v) is 2.93. The lowest BCUT2D eigenvalue weighted by molar-refractivity contribution is -0.0230. The van der Waals surface area contributed by atoms with Crippen LogP contribution >= 0.6 is 0 Å². The van der Waals surface area contributed by atoms with Crippen LogP contribution in [0.2, 0.25) is 0 Å². The molecule has 5 heteroatoms. The Balaban J connectivity index is 1.73. The standard InChI is InChI=1S/C18H23N3O2/c1-3-13-5-7-14(8-6-13)16-11-21(9-10-23-16)18(22)17-15(4-2)19-12-20-17/h5-8,12,16H,3-4,9-11H2,1-2H3,(H,19,20). The minimum absolute atomic E-state index is 0.0124. The van der Waals surface area contributed by atoms with Crippen molar-refractivity contribution < 1.29 is 9.53 Å². The summed E-state index contributed by atoms with van der Waals surface area (Å²) >= 11 is 0. The summed E-state index contributed by atoms with van der Waals surface area (Å²) in [6.45, 7) is 5.89. The Morgan fingerprint density at radius 2 is 2.09 bits per heavy atom. The molecule has 3 rings (SSSR count). The number of amides is 1. The number of nitrogens with zero attached hydrogens (tertiary/aromatic N) is 2. The summed E-state index contributed by atoms with van der Waals surface area (Å²) in [4.78, 5) is 21.8. The molecule has 1 N–H and O–H groups in total. The summed E-state index contributed by atoms with van der Waals surface area (Å²) in [5.41, 5.74) is 3.86. The largest absolute Gasteiger partial charge is 0.370 e. The van der Waals surface area contributed by atoms with E-state index < -0.39 is 0 Å². The second kappa shape index (κ2) is 6.96. The molecule has 1 aliphatic heterocycles. The number of morpholine rings is 1. The van der Waals surface area contributed by atoms with Crippen LogP contribution in [0.5, 0.6) is 0 Å². The average molecular weight is 313 g/mol. The Kier molecular flexibility index (Phi) is 4.76. The molecule has 2 aromatic rings. The number of ether oxygens (including phenoxy) is 1. The van der Waals surface area contributed by atoms with Crippen LogP contribution < -0.4 is 0 Å². The van der Waals surface area contributed by atoms with Crippen LogP contribution in [0.25, 0.3) is 0 Å². The van der Waals surface area contributed by atoms with Gasteiger partial charge < -0.3 is 14.6 Å². The highest BCUT2D eigenvalue weighted by atomic mass is 16.5. The molecule has 1 saturated heterocycles. The normalized spacial score (nSPS) is 18.2. The van der Waals surface area contributed by atoms with E-state index in [1.165, 1.54) is 5.56 Å². The summed E-state index contributed by atoms with van der Waals surface area (Å²) < 4.78 is 5.87. The van der Waals surface area contributed by atoms with Gasteiger partial charge in [-0.15, -0.1) is 0 Å². The third kappa shape index (κ3) is 3.29. The molecule has 1 aliphatic rings. The molecular formula is C18H23N3O2. The second-order valence-electron chi connectivity index (χ2n) is 5.79. The third-order valence-corrected chi connectivity index (χ3v) is 4.39. The molecule has 2 heterocycles. The van der Waals surface area contributed by atoms with E-state index in [1.54, 1.807) is 6.33 Å². The van der Waals surface area contributed by atoms with Crippen molar-refractivity contribution in [2.24, 2.45) is 0 Å². The van der Waals surface area contributed by atoms with Crippen LogP contribution in [0.3, 0.4) is 0 Å². The van der Waals surface area contributed by atoms with Crippen LogP contribution in [-0.2, 0) is 17.6 Å². The molecule has 1 unspecified atom stereocenters. The zero-order valence-corrected chi connectivity index (χ0v) is 13.7. The van der Waals surface area contributed by atoms with Crippen LogP contribution in [0.4, 0.5) is 0 Å². The first-order valence-electron chi connectivity index (χ1n) is 8.24. The van der Waals surface area contributed by atoms with Gasteiger partial charge in [0.25, 0.3) is 5.91 Å². The molecule has 1 aromatic carbocycles. The van der Waals surface area contributed by atoms with Crippen LogP contribution in [-0.4, -0.2) is 40.5 Å². The molecule has 0 aliphatic carbocycles. The first kappa shape index (κ1) is 15.7. The van der Waals surface area contributed by atoms with Gasteiger partial charge in [0, 0.05) is 12.2 Å². The van der Waals surface area contributed by atoms with Gasteiger partial charge in [-0.05, 0) is 24.0 Å². The number of hydrogen-bond acceptors (Lipinski definition) is 3. The molecule has 23 heavy (non-hydrogen) atoms. The predicted molar refractivity (Wildman–Crippen MR) is 88.4 cm³/mol. The van der Waals surface area contributed by atoms with E-state index >= 15 is 0 Å². The fraction of sp³-hybridized carbons (Fsp3) is 0.444. The lowest BCUT2D eigenvalue weighted by Crippen LogP contribution is -2.42. The Hall–Kier alpha value is -2.14. The molecule has 122 valence electrons. The summed E-state index contributed by atoms with van der Waals surface area (Å²) in [6, 6.07) is 8.46. The summed E-state index contributed by atoms with van der Waals surface area (Å²) in [5, 5.41) is 0. The van der Waals surface area contributed by atoms with E-state index in [2.05, 4.69) is 41.2 Å². The quantitative estimate of drug-likeness (QED) is 0.944. The lowest BCUT2D eigenvalue weighted by atomic mass is 10.0. The lowest BCUT2D eigenvalue weighted by Gasteiger charge is -2.33. The first-order chi connectivity index (χ1) is 11.2. The van der Waals surface area contributed by atoms with E-state index in [4.69, 9.17) is 4.74 Å². The number of rotatable bonds is 4.